The molecular weight excluding hydrogens is 160 g/mol. The Morgan fingerprint density at radius 1 is 1.38 bits per heavy atom. The van der Waals surface area contributed by atoms with Crippen LogP contribution in [0, 0.1) is 18.3 Å². The van der Waals surface area contributed by atoms with Crippen LogP contribution in [0.2, 0.25) is 0 Å². The fourth-order valence-corrected chi connectivity index (χ4v) is 1.73. The summed E-state index contributed by atoms with van der Waals surface area (Å²) in [6.07, 6.45) is 0. The van der Waals surface area contributed by atoms with Gasteiger partial charge >= 0.3 is 0 Å². The van der Waals surface area contributed by atoms with Crippen LogP contribution in [-0.4, -0.2) is 4.57 Å². The zero-order chi connectivity index (χ0) is 9.42. The summed E-state index contributed by atoms with van der Waals surface area (Å²) in [6, 6.07) is 10.2. The van der Waals surface area contributed by atoms with Crippen molar-refractivity contribution in [1.82, 2.24) is 4.57 Å². The first kappa shape index (κ1) is 7.88. The number of nitriles is 1. The van der Waals surface area contributed by atoms with Gasteiger partial charge in [-0.25, -0.2) is 0 Å². The Morgan fingerprint density at radius 2 is 2.15 bits per heavy atom. The number of benzene rings is 1. The second-order valence-corrected chi connectivity index (χ2v) is 3.21. The third-order valence-corrected chi connectivity index (χ3v) is 2.37. The molecular formula is C11H10N2. The summed E-state index contributed by atoms with van der Waals surface area (Å²) in [5.41, 5.74) is 3.07. The zero-order valence-corrected chi connectivity index (χ0v) is 7.70. The molecule has 13 heavy (non-hydrogen) atoms. The smallest absolute Gasteiger partial charge is 0.121 e. The lowest BCUT2D eigenvalue weighted by molar-refractivity contribution is 0.943. The van der Waals surface area contributed by atoms with Gasteiger partial charge in [0, 0.05) is 12.4 Å². The van der Waals surface area contributed by atoms with E-state index in [1.165, 1.54) is 5.56 Å². The van der Waals surface area contributed by atoms with Crippen molar-refractivity contribution >= 4 is 10.9 Å². The average molecular weight is 170 g/mol. The van der Waals surface area contributed by atoms with Crippen molar-refractivity contribution in [3.63, 3.8) is 0 Å². The Bertz CT molecular complexity index is 501. The molecule has 2 nitrogen and oxygen atoms in total. The van der Waals surface area contributed by atoms with E-state index in [-0.39, 0.29) is 0 Å². The fourth-order valence-electron chi connectivity index (χ4n) is 1.73. The minimum atomic E-state index is 0.712. The van der Waals surface area contributed by atoms with Crippen LogP contribution in [0.5, 0.6) is 0 Å². The first-order valence-electron chi connectivity index (χ1n) is 4.19. The second-order valence-electron chi connectivity index (χ2n) is 3.21. The van der Waals surface area contributed by atoms with Crippen molar-refractivity contribution in [2.75, 3.05) is 0 Å². The monoisotopic (exact) mass is 170 g/mol. The Kier molecular flexibility index (Phi) is 1.60. The van der Waals surface area contributed by atoms with Crippen LogP contribution in [0.3, 0.4) is 0 Å². The summed E-state index contributed by atoms with van der Waals surface area (Å²) in [7, 11) is 1.92. The summed E-state index contributed by atoms with van der Waals surface area (Å²) >= 11 is 0. The predicted octanol–water partition coefficient (Wildman–Crippen LogP) is 2.36. The highest BCUT2D eigenvalue weighted by atomic mass is 14.9. The Labute approximate surface area is 77.0 Å². The van der Waals surface area contributed by atoms with E-state index in [0.717, 1.165) is 10.9 Å². The third kappa shape index (κ3) is 1.01. The third-order valence-electron chi connectivity index (χ3n) is 2.37. The summed E-state index contributed by atoms with van der Waals surface area (Å²) in [5.74, 6) is 0. The molecule has 0 spiro atoms. The zero-order valence-electron chi connectivity index (χ0n) is 7.70. The Hall–Kier alpha value is -1.75. The number of rotatable bonds is 0. The molecule has 0 bridgehead atoms. The maximum absolute atomic E-state index is 8.84. The molecule has 1 heterocycles. The molecule has 0 saturated carbocycles. The van der Waals surface area contributed by atoms with Gasteiger partial charge in [0.05, 0.1) is 5.52 Å². The molecule has 0 unspecified atom stereocenters. The highest BCUT2D eigenvalue weighted by Crippen LogP contribution is 2.21. The van der Waals surface area contributed by atoms with Crippen molar-refractivity contribution in [2.45, 2.75) is 6.92 Å². The van der Waals surface area contributed by atoms with Gasteiger partial charge in [0.2, 0.25) is 0 Å². The molecule has 0 fully saturated rings. The standard InChI is InChI=1S/C11H10N2/c1-8-4-3-5-9-6-10(7-12)13(2)11(8)9/h3-6H,1-2H3. The topological polar surface area (TPSA) is 28.7 Å². The number of aryl methyl sites for hydroxylation is 2. The molecule has 2 aromatic rings. The Balaban J connectivity index is 2.95. The molecule has 2 rings (SSSR count). The van der Waals surface area contributed by atoms with Gasteiger partial charge in [-0.05, 0) is 18.6 Å². The van der Waals surface area contributed by atoms with Crippen LogP contribution in [-0.2, 0) is 7.05 Å². The van der Waals surface area contributed by atoms with Crippen LogP contribution in [0.4, 0.5) is 0 Å². The van der Waals surface area contributed by atoms with Crippen LogP contribution >= 0.6 is 0 Å². The highest BCUT2D eigenvalue weighted by molar-refractivity contribution is 5.85. The van der Waals surface area contributed by atoms with Crippen molar-refractivity contribution in [2.24, 2.45) is 7.05 Å². The van der Waals surface area contributed by atoms with Gasteiger partial charge in [0.25, 0.3) is 0 Å². The molecule has 0 aliphatic rings. The van der Waals surface area contributed by atoms with E-state index in [1.54, 1.807) is 0 Å². The van der Waals surface area contributed by atoms with E-state index >= 15 is 0 Å². The molecule has 1 aromatic carbocycles. The van der Waals surface area contributed by atoms with Gasteiger partial charge in [-0.2, -0.15) is 5.26 Å². The molecule has 2 heteroatoms. The molecule has 0 saturated heterocycles. The molecule has 0 amide bonds. The summed E-state index contributed by atoms with van der Waals surface area (Å²) in [5, 5.41) is 9.98. The summed E-state index contributed by atoms with van der Waals surface area (Å²) < 4.78 is 1.94. The number of aromatic nitrogens is 1. The molecule has 0 aliphatic heterocycles. The van der Waals surface area contributed by atoms with E-state index in [9.17, 15) is 0 Å². The van der Waals surface area contributed by atoms with Crippen LogP contribution in [0.25, 0.3) is 10.9 Å². The number of para-hydroxylation sites is 1. The quantitative estimate of drug-likeness (QED) is 0.596. The maximum Gasteiger partial charge on any atom is 0.121 e. The van der Waals surface area contributed by atoms with Crippen LogP contribution < -0.4 is 0 Å². The molecule has 0 N–H and O–H groups in total. The van der Waals surface area contributed by atoms with Gasteiger partial charge in [-0.1, -0.05) is 18.2 Å². The largest absolute Gasteiger partial charge is 0.335 e. The number of fused-ring (bicyclic) bond motifs is 1. The van der Waals surface area contributed by atoms with E-state index in [0.29, 0.717) is 5.69 Å². The maximum atomic E-state index is 8.84. The lowest BCUT2D eigenvalue weighted by Gasteiger charge is -2.00. The van der Waals surface area contributed by atoms with Gasteiger partial charge < -0.3 is 4.57 Å². The lowest BCUT2D eigenvalue weighted by atomic mass is 10.2. The SMILES string of the molecule is Cc1cccc2cc(C#N)n(C)c12. The van der Waals surface area contributed by atoms with Crippen molar-refractivity contribution < 1.29 is 0 Å². The number of hydrogen-bond acceptors (Lipinski definition) is 1. The normalized spacial score (nSPS) is 10.2. The molecule has 0 atom stereocenters. The van der Waals surface area contributed by atoms with Gasteiger partial charge in [0.1, 0.15) is 11.8 Å². The molecule has 0 aliphatic carbocycles. The number of hydrogen-bond donors (Lipinski definition) is 0. The minimum Gasteiger partial charge on any atom is -0.335 e. The van der Waals surface area contributed by atoms with E-state index in [4.69, 9.17) is 5.26 Å². The summed E-state index contributed by atoms with van der Waals surface area (Å²) in [6.45, 7) is 2.06. The van der Waals surface area contributed by atoms with Crippen molar-refractivity contribution in [1.29, 1.82) is 5.26 Å². The van der Waals surface area contributed by atoms with Crippen LogP contribution in [0.15, 0.2) is 24.3 Å². The number of nitrogens with zero attached hydrogens (tertiary/aromatic N) is 2. The second kappa shape index (κ2) is 2.63. The molecule has 1 aromatic heterocycles. The minimum absolute atomic E-state index is 0.712. The highest BCUT2D eigenvalue weighted by Gasteiger charge is 2.05. The van der Waals surface area contributed by atoms with Gasteiger partial charge in [0.15, 0.2) is 0 Å². The first-order valence-corrected chi connectivity index (χ1v) is 4.19. The van der Waals surface area contributed by atoms with Gasteiger partial charge in [-0.15, -0.1) is 0 Å². The average Bonchev–Trinajstić information content (AvgIpc) is 2.44. The van der Waals surface area contributed by atoms with Gasteiger partial charge in [-0.3, -0.25) is 0 Å². The molecule has 64 valence electrons. The lowest BCUT2D eigenvalue weighted by Crippen LogP contribution is -1.92. The van der Waals surface area contributed by atoms with E-state index in [2.05, 4.69) is 19.1 Å². The van der Waals surface area contributed by atoms with E-state index in [1.807, 2.05) is 29.8 Å². The molecule has 0 radical (unpaired) electrons. The summed E-state index contributed by atoms with van der Waals surface area (Å²) in [4.78, 5) is 0. The Morgan fingerprint density at radius 3 is 2.77 bits per heavy atom. The predicted molar refractivity (Wildman–Crippen MR) is 52.4 cm³/mol. The van der Waals surface area contributed by atoms with Crippen molar-refractivity contribution in [3.8, 4) is 6.07 Å². The van der Waals surface area contributed by atoms with Crippen LogP contribution in [0.1, 0.15) is 11.3 Å². The van der Waals surface area contributed by atoms with E-state index < -0.39 is 0 Å². The fraction of sp³-hybridized carbons (Fsp3) is 0.182. The first-order chi connectivity index (χ1) is 6.24. The van der Waals surface area contributed by atoms with Crippen molar-refractivity contribution in [3.05, 3.63) is 35.5 Å².